The van der Waals surface area contributed by atoms with E-state index in [-0.39, 0.29) is 5.91 Å². The van der Waals surface area contributed by atoms with Gasteiger partial charge < -0.3 is 10.2 Å². The monoisotopic (exact) mass is 334 g/mol. The lowest BCUT2D eigenvalue weighted by molar-refractivity contribution is 0.0785. The number of anilines is 1. The van der Waals surface area contributed by atoms with E-state index in [1.165, 1.54) is 0 Å². The van der Waals surface area contributed by atoms with E-state index >= 15 is 0 Å². The Labute approximate surface area is 126 Å². The van der Waals surface area contributed by atoms with Crippen LogP contribution in [-0.2, 0) is 6.54 Å². The molecule has 0 aliphatic heterocycles. The minimum absolute atomic E-state index is 0.0834. The summed E-state index contributed by atoms with van der Waals surface area (Å²) in [6.07, 6.45) is 5.09. The summed E-state index contributed by atoms with van der Waals surface area (Å²) >= 11 is 3.34. The summed E-state index contributed by atoms with van der Waals surface area (Å²) in [6.45, 7) is 0.525. The van der Waals surface area contributed by atoms with Gasteiger partial charge in [-0.1, -0.05) is 0 Å². The highest BCUT2D eigenvalue weighted by Crippen LogP contribution is 2.19. The quantitative estimate of drug-likeness (QED) is 0.933. The number of nitrogens with one attached hydrogen (secondary N) is 1. The average Bonchev–Trinajstić information content (AvgIpc) is 2.47. The molecule has 0 spiro atoms. The van der Waals surface area contributed by atoms with Crippen LogP contribution in [-0.4, -0.2) is 34.9 Å². The third-order valence-electron chi connectivity index (χ3n) is 2.84. The molecule has 1 N–H and O–H groups in total. The molecule has 0 atom stereocenters. The highest BCUT2D eigenvalue weighted by molar-refractivity contribution is 9.10. The van der Waals surface area contributed by atoms with Crippen LogP contribution in [0.1, 0.15) is 15.9 Å². The molecule has 2 rings (SSSR count). The maximum absolute atomic E-state index is 12.5. The Morgan fingerprint density at radius 1 is 1.40 bits per heavy atom. The van der Waals surface area contributed by atoms with Gasteiger partial charge in [-0.3, -0.25) is 9.78 Å². The Morgan fingerprint density at radius 2 is 2.10 bits per heavy atom. The normalized spacial score (nSPS) is 10.2. The second kappa shape index (κ2) is 6.47. The Hall–Kier alpha value is -1.95. The number of hydrogen-bond donors (Lipinski definition) is 1. The van der Waals surface area contributed by atoms with Crippen LogP contribution in [0.15, 0.2) is 41.3 Å². The van der Waals surface area contributed by atoms with E-state index in [0.29, 0.717) is 17.9 Å². The van der Waals surface area contributed by atoms with E-state index in [2.05, 4.69) is 31.2 Å². The minimum Gasteiger partial charge on any atom is -0.372 e. The number of halogens is 1. The Morgan fingerprint density at radius 3 is 2.75 bits per heavy atom. The second-order valence-electron chi connectivity index (χ2n) is 4.32. The molecule has 5 nitrogen and oxygen atoms in total. The van der Waals surface area contributed by atoms with Crippen LogP contribution in [0.25, 0.3) is 0 Å². The van der Waals surface area contributed by atoms with E-state index in [4.69, 9.17) is 0 Å². The summed E-state index contributed by atoms with van der Waals surface area (Å²) < 4.78 is 0.775. The van der Waals surface area contributed by atoms with Crippen molar-refractivity contribution in [2.75, 3.05) is 19.4 Å². The maximum Gasteiger partial charge on any atom is 0.257 e. The molecule has 1 amide bonds. The van der Waals surface area contributed by atoms with E-state index in [9.17, 15) is 4.79 Å². The van der Waals surface area contributed by atoms with E-state index in [0.717, 1.165) is 10.0 Å². The van der Waals surface area contributed by atoms with Gasteiger partial charge >= 0.3 is 0 Å². The first-order chi connectivity index (χ1) is 9.61. The first kappa shape index (κ1) is 14.5. The number of hydrogen-bond acceptors (Lipinski definition) is 4. The SMILES string of the molecule is CNc1ncc(Br)cc1C(=O)N(C)Cc1ccncc1. The topological polar surface area (TPSA) is 58.1 Å². The zero-order chi connectivity index (χ0) is 14.5. The first-order valence-corrected chi connectivity index (χ1v) is 6.88. The molecule has 0 aliphatic rings. The molecule has 0 bridgehead atoms. The van der Waals surface area contributed by atoms with Crippen molar-refractivity contribution in [2.24, 2.45) is 0 Å². The molecule has 0 radical (unpaired) electrons. The van der Waals surface area contributed by atoms with Crippen molar-refractivity contribution < 1.29 is 4.79 Å². The van der Waals surface area contributed by atoms with Crippen molar-refractivity contribution >= 4 is 27.7 Å². The zero-order valence-corrected chi connectivity index (χ0v) is 12.9. The highest BCUT2D eigenvalue weighted by Gasteiger charge is 2.17. The number of rotatable bonds is 4. The predicted molar refractivity (Wildman–Crippen MR) is 81.5 cm³/mol. The number of carbonyl (C=O) groups is 1. The third-order valence-corrected chi connectivity index (χ3v) is 3.27. The van der Waals surface area contributed by atoms with Gasteiger partial charge in [-0.05, 0) is 39.7 Å². The lowest BCUT2D eigenvalue weighted by atomic mass is 10.2. The van der Waals surface area contributed by atoms with Crippen LogP contribution < -0.4 is 5.32 Å². The summed E-state index contributed by atoms with van der Waals surface area (Å²) in [6, 6.07) is 5.55. The third kappa shape index (κ3) is 3.33. The van der Waals surface area contributed by atoms with Crippen LogP contribution in [0.4, 0.5) is 5.82 Å². The van der Waals surface area contributed by atoms with Crippen molar-refractivity contribution in [1.82, 2.24) is 14.9 Å². The van der Waals surface area contributed by atoms with E-state index < -0.39 is 0 Å². The smallest absolute Gasteiger partial charge is 0.257 e. The van der Waals surface area contributed by atoms with Gasteiger partial charge in [0.25, 0.3) is 5.91 Å². The molecule has 0 saturated carbocycles. The second-order valence-corrected chi connectivity index (χ2v) is 5.23. The Bertz CT molecular complexity index is 603. The molecule has 2 aromatic heterocycles. The van der Waals surface area contributed by atoms with Crippen LogP contribution in [0.3, 0.4) is 0 Å². The van der Waals surface area contributed by atoms with Crippen LogP contribution >= 0.6 is 15.9 Å². The summed E-state index contributed by atoms with van der Waals surface area (Å²) in [7, 11) is 3.51. The van der Waals surface area contributed by atoms with Crippen molar-refractivity contribution in [2.45, 2.75) is 6.54 Å². The Balaban J connectivity index is 2.20. The number of nitrogens with zero attached hydrogens (tertiary/aromatic N) is 3. The fraction of sp³-hybridized carbons (Fsp3) is 0.214. The number of amides is 1. The van der Waals surface area contributed by atoms with E-state index in [1.54, 1.807) is 43.7 Å². The maximum atomic E-state index is 12.5. The van der Waals surface area contributed by atoms with Gasteiger partial charge in [-0.2, -0.15) is 0 Å². The number of pyridine rings is 2. The highest BCUT2D eigenvalue weighted by atomic mass is 79.9. The molecule has 2 aromatic rings. The molecule has 0 fully saturated rings. The lowest BCUT2D eigenvalue weighted by Crippen LogP contribution is -2.27. The van der Waals surface area contributed by atoms with Gasteiger partial charge in [0.05, 0.1) is 5.56 Å². The molecular weight excluding hydrogens is 320 g/mol. The molecule has 20 heavy (non-hydrogen) atoms. The van der Waals surface area contributed by atoms with Crippen molar-refractivity contribution in [3.8, 4) is 0 Å². The molecule has 2 heterocycles. The van der Waals surface area contributed by atoms with Crippen LogP contribution in [0, 0.1) is 0 Å². The van der Waals surface area contributed by atoms with E-state index in [1.807, 2.05) is 12.1 Å². The summed E-state index contributed by atoms with van der Waals surface area (Å²) in [5, 5.41) is 2.93. The fourth-order valence-electron chi connectivity index (χ4n) is 1.84. The molecular formula is C14H15BrN4O. The molecule has 6 heteroatoms. The summed E-state index contributed by atoms with van der Waals surface area (Å²) in [5.41, 5.74) is 1.57. The summed E-state index contributed by atoms with van der Waals surface area (Å²) in [4.78, 5) is 22.3. The van der Waals surface area contributed by atoms with Crippen molar-refractivity contribution in [3.05, 3.63) is 52.4 Å². The largest absolute Gasteiger partial charge is 0.372 e. The van der Waals surface area contributed by atoms with Crippen LogP contribution in [0.5, 0.6) is 0 Å². The van der Waals surface area contributed by atoms with Crippen molar-refractivity contribution in [3.63, 3.8) is 0 Å². The van der Waals surface area contributed by atoms with Gasteiger partial charge in [0, 0.05) is 43.7 Å². The molecule has 104 valence electrons. The molecule has 0 aromatic carbocycles. The van der Waals surface area contributed by atoms with Gasteiger partial charge in [-0.15, -0.1) is 0 Å². The number of carbonyl (C=O) groups excluding carboxylic acids is 1. The van der Waals surface area contributed by atoms with Crippen LogP contribution in [0.2, 0.25) is 0 Å². The van der Waals surface area contributed by atoms with Gasteiger partial charge in [0.2, 0.25) is 0 Å². The zero-order valence-electron chi connectivity index (χ0n) is 11.3. The fourth-order valence-corrected chi connectivity index (χ4v) is 2.17. The lowest BCUT2D eigenvalue weighted by Gasteiger charge is -2.18. The molecule has 0 aliphatic carbocycles. The standard InChI is InChI=1S/C14H15BrN4O/c1-16-13-12(7-11(15)8-18-13)14(20)19(2)9-10-3-5-17-6-4-10/h3-8H,9H2,1-2H3,(H,16,18). The van der Waals surface area contributed by atoms with Crippen molar-refractivity contribution in [1.29, 1.82) is 0 Å². The first-order valence-electron chi connectivity index (χ1n) is 6.09. The molecule has 0 unspecified atom stereocenters. The number of aromatic nitrogens is 2. The van der Waals surface area contributed by atoms with Gasteiger partial charge in [0.15, 0.2) is 0 Å². The van der Waals surface area contributed by atoms with Gasteiger partial charge in [0.1, 0.15) is 5.82 Å². The Kier molecular flexibility index (Phi) is 4.68. The molecule has 0 saturated heterocycles. The minimum atomic E-state index is -0.0834. The average molecular weight is 335 g/mol. The van der Waals surface area contributed by atoms with Gasteiger partial charge in [-0.25, -0.2) is 4.98 Å². The summed E-state index contributed by atoms with van der Waals surface area (Å²) in [5.74, 6) is 0.486. The predicted octanol–water partition coefficient (Wildman–Crippen LogP) is 2.55.